The largest absolute Gasteiger partial charge is 0.377 e. The van der Waals surface area contributed by atoms with E-state index in [2.05, 4.69) is 13.8 Å². The molecule has 0 aromatic heterocycles. The fraction of sp³-hybridized carbons (Fsp3) is 0.882. The van der Waals surface area contributed by atoms with Gasteiger partial charge in [-0.05, 0) is 19.3 Å². The van der Waals surface area contributed by atoms with Gasteiger partial charge in [0.25, 0.3) is 0 Å². The monoisotopic (exact) mass is 324 g/mol. The maximum Gasteiger partial charge on any atom is 0.226 e. The molecule has 1 saturated carbocycles. The Bertz CT molecular complexity index is 416. The highest BCUT2D eigenvalue weighted by Crippen LogP contribution is 2.42. The second-order valence-corrected chi connectivity index (χ2v) is 6.79. The number of nitrogens with zero attached hydrogens (tertiary/aromatic N) is 2. The van der Waals surface area contributed by atoms with Gasteiger partial charge in [0, 0.05) is 13.1 Å². The predicted octanol–water partition coefficient (Wildman–Crippen LogP) is 0.897. The summed E-state index contributed by atoms with van der Waals surface area (Å²) >= 11 is 0. The van der Waals surface area contributed by atoms with Gasteiger partial charge in [-0.2, -0.15) is 0 Å². The molecule has 2 amide bonds. The van der Waals surface area contributed by atoms with E-state index >= 15 is 0 Å². The van der Waals surface area contributed by atoms with Crippen LogP contribution in [0, 0.1) is 11.8 Å². The molecule has 0 N–H and O–H groups in total. The van der Waals surface area contributed by atoms with Crippen LogP contribution < -0.4 is 0 Å². The number of morpholine rings is 2. The van der Waals surface area contributed by atoms with Crippen molar-refractivity contribution >= 4 is 11.8 Å². The molecule has 3 aliphatic rings. The van der Waals surface area contributed by atoms with Gasteiger partial charge in [-0.3, -0.25) is 9.59 Å². The van der Waals surface area contributed by atoms with Crippen LogP contribution in [0.25, 0.3) is 0 Å². The second-order valence-electron chi connectivity index (χ2n) is 6.79. The molecule has 3 rings (SSSR count). The van der Waals surface area contributed by atoms with E-state index in [1.165, 1.54) is 0 Å². The maximum absolute atomic E-state index is 12.8. The lowest BCUT2D eigenvalue weighted by Gasteiger charge is -2.36. The third-order valence-corrected chi connectivity index (χ3v) is 5.39. The summed E-state index contributed by atoms with van der Waals surface area (Å²) in [7, 11) is 0. The second kappa shape index (κ2) is 7.18. The number of hydrogen-bond donors (Lipinski definition) is 0. The molecule has 0 radical (unpaired) electrons. The zero-order valence-corrected chi connectivity index (χ0v) is 14.2. The molecule has 6 heteroatoms. The van der Waals surface area contributed by atoms with Crippen LogP contribution in [-0.4, -0.2) is 73.2 Å². The number of carbonyl (C=O) groups excluding carboxylic acids is 2. The number of carbonyl (C=O) groups is 2. The fourth-order valence-corrected chi connectivity index (χ4v) is 3.73. The Balaban J connectivity index is 1.59. The Morgan fingerprint density at radius 2 is 1.30 bits per heavy atom. The number of amides is 2. The molecule has 3 fully saturated rings. The smallest absolute Gasteiger partial charge is 0.226 e. The molecular formula is C17H28N2O4. The van der Waals surface area contributed by atoms with Crippen LogP contribution in [0.1, 0.15) is 33.1 Å². The van der Waals surface area contributed by atoms with Gasteiger partial charge in [0.1, 0.15) is 0 Å². The molecule has 0 bridgehead atoms. The number of hydrogen-bond acceptors (Lipinski definition) is 4. The van der Waals surface area contributed by atoms with Gasteiger partial charge >= 0.3 is 0 Å². The van der Waals surface area contributed by atoms with Crippen LogP contribution in [-0.2, 0) is 19.1 Å². The summed E-state index contributed by atoms with van der Waals surface area (Å²) in [5.41, 5.74) is 0. The normalized spacial score (nSPS) is 34.3. The first-order valence-corrected chi connectivity index (χ1v) is 8.93. The van der Waals surface area contributed by atoms with Crippen molar-refractivity contribution in [2.75, 3.05) is 39.5 Å². The van der Waals surface area contributed by atoms with Crippen molar-refractivity contribution in [1.82, 2.24) is 9.80 Å². The van der Waals surface area contributed by atoms with Gasteiger partial charge < -0.3 is 19.3 Å². The first-order valence-electron chi connectivity index (χ1n) is 8.93. The number of rotatable bonds is 4. The van der Waals surface area contributed by atoms with Crippen molar-refractivity contribution in [3.63, 3.8) is 0 Å². The molecular weight excluding hydrogens is 296 g/mol. The molecule has 2 saturated heterocycles. The fourth-order valence-electron chi connectivity index (χ4n) is 3.73. The third kappa shape index (κ3) is 3.38. The molecule has 1 aliphatic carbocycles. The molecule has 23 heavy (non-hydrogen) atoms. The summed E-state index contributed by atoms with van der Waals surface area (Å²) in [6.07, 6.45) is 2.51. The minimum absolute atomic E-state index is 0.116. The lowest BCUT2D eigenvalue weighted by Crippen LogP contribution is -2.51. The molecule has 0 aromatic carbocycles. The van der Waals surface area contributed by atoms with Crippen LogP contribution in [0.15, 0.2) is 0 Å². The first kappa shape index (κ1) is 16.7. The maximum atomic E-state index is 12.8. The lowest BCUT2D eigenvalue weighted by molar-refractivity contribution is -0.146. The SMILES string of the molecule is CCC1COCCN1C(=O)[C@H]1C[C@H]1C(=O)N1CCOCC1CC. The van der Waals surface area contributed by atoms with Crippen molar-refractivity contribution in [2.24, 2.45) is 11.8 Å². The third-order valence-electron chi connectivity index (χ3n) is 5.39. The summed E-state index contributed by atoms with van der Waals surface area (Å²) < 4.78 is 10.9. The van der Waals surface area contributed by atoms with Crippen molar-refractivity contribution in [1.29, 1.82) is 0 Å². The van der Waals surface area contributed by atoms with Crippen molar-refractivity contribution < 1.29 is 19.1 Å². The molecule has 2 aliphatic heterocycles. The highest BCUT2D eigenvalue weighted by molar-refractivity contribution is 5.92. The Labute approximate surface area is 138 Å². The summed E-state index contributed by atoms with van der Waals surface area (Å²) in [5, 5.41) is 0. The molecule has 130 valence electrons. The first-order chi connectivity index (χ1) is 11.2. The van der Waals surface area contributed by atoms with E-state index in [9.17, 15) is 9.59 Å². The Morgan fingerprint density at radius 3 is 1.70 bits per heavy atom. The minimum atomic E-state index is -0.116. The van der Waals surface area contributed by atoms with Crippen molar-refractivity contribution in [2.45, 2.75) is 45.2 Å². The minimum Gasteiger partial charge on any atom is -0.377 e. The standard InChI is InChI=1S/C17H28N2O4/c1-3-12-10-22-7-5-18(12)16(20)14-9-15(14)17(21)19-6-8-23-11-13(19)4-2/h12-15H,3-11H2,1-2H3/t12?,13?,14-,15+. The summed E-state index contributed by atoms with van der Waals surface area (Å²) in [6.45, 7) is 7.92. The van der Waals surface area contributed by atoms with Gasteiger partial charge in [-0.1, -0.05) is 13.8 Å². The van der Waals surface area contributed by atoms with E-state index in [1.54, 1.807) is 0 Å². The predicted molar refractivity (Wildman–Crippen MR) is 84.8 cm³/mol. The molecule has 0 spiro atoms. The lowest BCUT2D eigenvalue weighted by atomic mass is 10.1. The zero-order chi connectivity index (χ0) is 16.4. The highest BCUT2D eigenvalue weighted by Gasteiger charge is 2.52. The molecule has 0 aromatic rings. The Hall–Kier alpha value is -1.14. The average molecular weight is 324 g/mol. The van der Waals surface area contributed by atoms with E-state index in [0.717, 1.165) is 12.8 Å². The number of ether oxygens (including phenoxy) is 2. The van der Waals surface area contributed by atoms with E-state index in [4.69, 9.17) is 9.47 Å². The van der Waals surface area contributed by atoms with Crippen LogP contribution in [0.2, 0.25) is 0 Å². The van der Waals surface area contributed by atoms with Crippen LogP contribution >= 0.6 is 0 Å². The summed E-state index contributed by atoms with van der Waals surface area (Å²) in [5.74, 6) is 0.0737. The van der Waals surface area contributed by atoms with Gasteiger partial charge in [0.05, 0.1) is 50.3 Å². The van der Waals surface area contributed by atoms with E-state index in [1.807, 2.05) is 9.80 Å². The van der Waals surface area contributed by atoms with Crippen molar-refractivity contribution in [3.05, 3.63) is 0 Å². The molecule has 2 heterocycles. The van der Waals surface area contributed by atoms with Crippen LogP contribution in [0.4, 0.5) is 0 Å². The molecule has 2 unspecified atom stereocenters. The summed E-state index contributed by atoms with van der Waals surface area (Å²) in [6, 6.07) is 0.332. The summed E-state index contributed by atoms with van der Waals surface area (Å²) in [4.78, 5) is 29.4. The van der Waals surface area contributed by atoms with E-state index in [0.29, 0.717) is 45.9 Å². The van der Waals surface area contributed by atoms with Gasteiger partial charge in [-0.15, -0.1) is 0 Å². The topological polar surface area (TPSA) is 59.1 Å². The van der Waals surface area contributed by atoms with Crippen LogP contribution in [0.3, 0.4) is 0 Å². The average Bonchev–Trinajstić information content (AvgIpc) is 3.41. The quantitative estimate of drug-likeness (QED) is 0.771. The Morgan fingerprint density at radius 1 is 0.870 bits per heavy atom. The zero-order valence-electron chi connectivity index (χ0n) is 14.2. The van der Waals surface area contributed by atoms with Gasteiger partial charge in [0.2, 0.25) is 11.8 Å². The van der Waals surface area contributed by atoms with Gasteiger partial charge in [-0.25, -0.2) is 0 Å². The van der Waals surface area contributed by atoms with E-state index < -0.39 is 0 Å². The molecule has 4 atom stereocenters. The van der Waals surface area contributed by atoms with Gasteiger partial charge in [0.15, 0.2) is 0 Å². The highest BCUT2D eigenvalue weighted by atomic mass is 16.5. The van der Waals surface area contributed by atoms with Crippen LogP contribution in [0.5, 0.6) is 0 Å². The van der Waals surface area contributed by atoms with E-state index in [-0.39, 0.29) is 35.7 Å². The Kier molecular flexibility index (Phi) is 5.21. The molecule has 6 nitrogen and oxygen atoms in total. The van der Waals surface area contributed by atoms with Crippen molar-refractivity contribution in [3.8, 4) is 0 Å².